The largest absolute Gasteiger partial charge is 0.469 e. The summed E-state index contributed by atoms with van der Waals surface area (Å²) in [5, 5.41) is 3.73. The Hall–Kier alpha value is -2.43. The van der Waals surface area contributed by atoms with Gasteiger partial charge in [-0.05, 0) is 18.6 Å². The number of esters is 1. The fourth-order valence-corrected chi connectivity index (χ4v) is 1.82. The van der Waals surface area contributed by atoms with Gasteiger partial charge in [0.05, 0.1) is 12.6 Å². The molecule has 5 heteroatoms. The van der Waals surface area contributed by atoms with Gasteiger partial charge < -0.3 is 10.1 Å². The van der Waals surface area contributed by atoms with E-state index >= 15 is 0 Å². The Morgan fingerprint density at radius 1 is 1.20 bits per heavy atom. The monoisotopic (exact) mass is 272 g/mol. The van der Waals surface area contributed by atoms with Gasteiger partial charge in [0.25, 0.3) is 5.91 Å². The molecule has 2 rings (SSSR count). The minimum Gasteiger partial charge on any atom is -0.469 e. The van der Waals surface area contributed by atoms with Gasteiger partial charge in [-0.2, -0.15) is 0 Å². The number of amides is 1. The third-order valence-corrected chi connectivity index (χ3v) is 2.90. The van der Waals surface area contributed by atoms with Gasteiger partial charge in [-0.25, -0.2) is 4.98 Å². The number of carbonyl (C=O) groups is 2. The van der Waals surface area contributed by atoms with Crippen LogP contribution in [0, 0.1) is 0 Å². The summed E-state index contributed by atoms with van der Waals surface area (Å²) < 4.78 is 4.53. The molecule has 0 aliphatic heterocycles. The molecule has 0 radical (unpaired) electrons. The molecular formula is C15H16N2O3. The van der Waals surface area contributed by atoms with Gasteiger partial charge in [0.2, 0.25) is 0 Å². The molecule has 5 nitrogen and oxygen atoms in total. The number of fused-ring (bicyclic) bond motifs is 1. The van der Waals surface area contributed by atoms with E-state index in [9.17, 15) is 9.59 Å². The number of rotatable bonds is 5. The molecule has 0 spiro atoms. The van der Waals surface area contributed by atoms with Crippen LogP contribution in [0.5, 0.6) is 0 Å². The Morgan fingerprint density at radius 2 is 2.00 bits per heavy atom. The molecule has 0 saturated carbocycles. The van der Waals surface area contributed by atoms with E-state index in [0.717, 1.165) is 10.9 Å². The quantitative estimate of drug-likeness (QED) is 0.667. The highest BCUT2D eigenvalue weighted by atomic mass is 16.5. The van der Waals surface area contributed by atoms with E-state index in [1.165, 1.54) is 7.11 Å². The number of hydrogen-bond donors (Lipinski definition) is 1. The van der Waals surface area contributed by atoms with Crippen molar-refractivity contribution in [2.45, 2.75) is 12.8 Å². The van der Waals surface area contributed by atoms with E-state index in [4.69, 9.17) is 0 Å². The second-order valence-electron chi connectivity index (χ2n) is 4.32. The van der Waals surface area contributed by atoms with Gasteiger partial charge in [0.15, 0.2) is 0 Å². The second kappa shape index (κ2) is 6.65. The molecule has 0 saturated heterocycles. The van der Waals surface area contributed by atoms with Crippen LogP contribution < -0.4 is 5.32 Å². The van der Waals surface area contributed by atoms with Gasteiger partial charge >= 0.3 is 5.97 Å². The van der Waals surface area contributed by atoms with Crippen molar-refractivity contribution in [2.24, 2.45) is 0 Å². The Kier molecular flexibility index (Phi) is 4.65. The van der Waals surface area contributed by atoms with E-state index in [-0.39, 0.29) is 11.9 Å². The molecule has 0 unspecified atom stereocenters. The molecule has 0 atom stereocenters. The predicted molar refractivity (Wildman–Crippen MR) is 75.3 cm³/mol. The summed E-state index contributed by atoms with van der Waals surface area (Å²) in [5.41, 5.74) is 1.16. The molecule has 0 aliphatic carbocycles. The molecule has 1 aromatic carbocycles. The number of aromatic nitrogens is 1. The molecule has 0 bridgehead atoms. The van der Waals surface area contributed by atoms with Crippen molar-refractivity contribution in [3.05, 3.63) is 42.1 Å². The number of pyridine rings is 1. The highest BCUT2D eigenvalue weighted by molar-refractivity contribution is 5.94. The van der Waals surface area contributed by atoms with Crippen molar-refractivity contribution >= 4 is 22.8 Å². The minimum atomic E-state index is -0.275. The maximum Gasteiger partial charge on any atom is 0.305 e. The highest BCUT2D eigenvalue weighted by Gasteiger charge is 2.08. The lowest BCUT2D eigenvalue weighted by Gasteiger charge is -2.05. The van der Waals surface area contributed by atoms with Gasteiger partial charge in [-0.15, -0.1) is 0 Å². The molecule has 0 aliphatic rings. The summed E-state index contributed by atoms with van der Waals surface area (Å²) in [6, 6.07) is 11.2. The van der Waals surface area contributed by atoms with Gasteiger partial charge in [-0.3, -0.25) is 9.59 Å². The number of para-hydroxylation sites is 1. The van der Waals surface area contributed by atoms with Crippen LogP contribution in [0.25, 0.3) is 10.9 Å². The molecule has 1 N–H and O–H groups in total. The van der Waals surface area contributed by atoms with Crippen molar-refractivity contribution in [3.8, 4) is 0 Å². The first-order chi connectivity index (χ1) is 9.70. The fraction of sp³-hybridized carbons (Fsp3) is 0.267. The van der Waals surface area contributed by atoms with Crippen molar-refractivity contribution in [3.63, 3.8) is 0 Å². The molecule has 1 aromatic heterocycles. The van der Waals surface area contributed by atoms with Crippen LogP contribution in [0.1, 0.15) is 23.3 Å². The van der Waals surface area contributed by atoms with Gasteiger partial charge in [0.1, 0.15) is 5.69 Å². The molecular weight excluding hydrogens is 256 g/mol. The van der Waals surface area contributed by atoms with E-state index < -0.39 is 0 Å². The standard InChI is InChI=1S/C15H16N2O3/c1-20-14(18)7-4-10-16-15(19)13-9-8-11-5-2-3-6-12(11)17-13/h2-3,5-6,8-9H,4,7,10H2,1H3,(H,16,19). The number of carbonyl (C=O) groups excluding carboxylic acids is 2. The predicted octanol–water partition coefficient (Wildman–Crippen LogP) is 1.92. The number of benzene rings is 1. The van der Waals surface area contributed by atoms with Crippen molar-refractivity contribution in [1.29, 1.82) is 0 Å². The van der Waals surface area contributed by atoms with Gasteiger partial charge in [0, 0.05) is 18.4 Å². The van der Waals surface area contributed by atoms with Crippen LogP contribution in [0.15, 0.2) is 36.4 Å². The normalized spacial score (nSPS) is 10.2. The summed E-state index contributed by atoms with van der Waals surface area (Å²) in [5.74, 6) is -0.510. The number of ether oxygens (including phenoxy) is 1. The van der Waals surface area contributed by atoms with E-state index in [1.807, 2.05) is 30.3 Å². The van der Waals surface area contributed by atoms with E-state index in [2.05, 4.69) is 15.0 Å². The maximum absolute atomic E-state index is 11.9. The summed E-state index contributed by atoms with van der Waals surface area (Å²) in [4.78, 5) is 27.1. The van der Waals surface area contributed by atoms with E-state index in [1.54, 1.807) is 6.07 Å². The van der Waals surface area contributed by atoms with Crippen LogP contribution in [-0.2, 0) is 9.53 Å². The first-order valence-corrected chi connectivity index (χ1v) is 6.41. The van der Waals surface area contributed by atoms with Gasteiger partial charge in [-0.1, -0.05) is 24.3 Å². The van der Waals surface area contributed by atoms with Crippen LogP contribution >= 0.6 is 0 Å². The first kappa shape index (κ1) is 14.0. The number of nitrogens with zero attached hydrogens (tertiary/aromatic N) is 1. The fourth-order valence-electron chi connectivity index (χ4n) is 1.82. The zero-order chi connectivity index (χ0) is 14.4. The van der Waals surface area contributed by atoms with Crippen LogP contribution in [-0.4, -0.2) is 30.5 Å². The zero-order valence-corrected chi connectivity index (χ0v) is 11.3. The topological polar surface area (TPSA) is 68.3 Å². The number of hydrogen-bond acceptors (Lipinski definition) is 4. The number of nitrogens with one attached hydrogen (secondary N) is 1. The lowest BCUT2D eigenvalue weighted by Crippen LogP contribution is -2.25. The molecule has 0 fully saturated rings. The van der Waals surface area contributed by atoms with E-state index in [0.29, 0.717) is 25.1 Å². The van der Waals surface area contributed by atoms with Crippen molar-refractivity contribution in [2.75, 3.05) is 13.7 Å². The molecule has 20 heavy (non-hydrogen) atoms. The molecule has 104 valence electrons. The maximum atomic E-state index is 11.9. The third kappa shape index (κ3) is 3.54. The minimum absolute atomic E-state index is 0.236. The third-order valence-electron chi connectivity index (χ3n) is 2.90. The van der Waals surface area contributed by atoms with Crippen LogP contribution in [0.4, 0.5) is 0 Å². The molecule has 2 aromatic rings. The number of methoxy groups -OCH3 is 1. The van der Waals surface area contributed by atoms with Crippen LogP contribution in [0.3, 0.4) is 0 Å². The Balaban J connectivity index is 1.92. The lowest BCUT2D eigenvalue weighted by molar-refractivity contribution is -0.140. The molecule has 1 heterocycles. The Morgan fingerprint density at radius 3 is 2.80 bits per heavy atom. The highest BCUT2D eigenvalue weighted by Crippen LogP contribution is 2.11. The zero-order valence-electron chi connectivity index (χ0n) is 11.3. The van der Waals surface area contributed by atoms with Crippen molar-refractivity contribution < 1.29 is 14.3 Å². The average molecular weight is 272 g/mol. The summed E-state index contributed by atoms with van der Waals surface area (Å²) in [7, 11) is 1.35. The summed E-state index contributed by atoms with van der Waals surface area (Å²) in [6.07, 6.45) is 0.841. The lowest BCUT2D eigenvalue weighted by atomic mass is 10.2. The smallest absolute Gasteiger partial charge is 0.305 e. The SMILES string of the molecule is COC(=O)CCCNC(=O)c1ccc2ccccc2n1. The average Bonchev–Trinajstić information content (AvgIpc) is 2.50. The second-order valence-corrected chi connectivity index (χ2v) is 4.32. The van der Waals surface area contributed by atoms with Crippen molar-refractivity contribution in [1.82, 2.24) is 10.3 Å². The van der Waals surface area contributed by atoms with Crippen LogP contribution in [0.2, 0.25) is 0 Å². The summed E-state index contributed by atoms with van der Waals surface area (Å²) in [6.45, 7) is 0.419. The Labute approximate surface area is 117 Å². The Bertz CT molecular complexity index is 625. The summed E-state index contributed by atoms with van der Waals surface area (Å²) >= 11 is 0. The first-order valence-electron chi connectivity index (χ1n) is 6.41. The molecule has 1 amide bonds.